The number of hydrogen-bond donors (Lipinski definition) is 2. The second-order valence-electron chi connectivity index (χ2n) is 22.5. The molecule has 5 amide bonds. The number of nitrogen functional groups attached to an aromatic ring is 1. The Balaban J connectivity index is 0.532. The largest absolute Gasteiger partial charge is 0.439 e. The number of carbonyl (C=O) groups excluding carboxylic acids is 4. The molecule has 5 saturated heterocycles. The van der Waals surface area contributed by atoms with Gasteiger partial charge < -0.3 is 34.6 Å². The lowest BCUT2D eigenvalue weighted by molar-refractivity contribution is -0.136. The number of aromatic nitrogens is 9. The van der Waals surface area contributed by atoms with E-state index >= 15 is 4.39 Å². The van der Waals surface area contributed by atoms with Gasteiger partial charge in [-0.2, -0.15) is 10.2 Å². The number of anilines is 3. The van der Waals surface area contributed by atoms with E-state index in [1.165, 1.54) is 15.9 Å². The summed E-state index contributed by atoms with van der Waals surface area (Å²) in [6, 6.07) is 3.02. The van der Waals surface area contributed by atoms with E-state index in [9.17, 15) is 19.2 Å². The predicted octanol–water partition coefficient (Wildman–Crippen LogP) is 4.76. The van der Waals surface area contributed by atoms with E-state index in [0.717, 1.165) is 100 Å². The molecule has 5 aromatic heterocycles. The number of rotatable bonds is 11. The summed E-state index contributed by atoms with van der Waals surface area (Å²) in [7, 11) is 1.66. The lowest BCUT2D eigenvalue weighted by Crippen LogP contribution is -2.72. The minimum Gasteiger partial charge on any atom is -0.439 e. The Morgan fingerprint density at radius 3 is 2.32 bits per heavy atom. The molecule has 6 aromatic rings. The van der Waals surface area contributed by atoms with Crippen LogP contribution in [0.15, 0.2) is 35.4 Å². The van der Waals surface area contributed by atoms with Crippen molar-refractivity contribution < 1.29 is 32.8 Å². The number of hydrogen-bond acceptors (Lipinski definition) is 16. The van der Waals surface area contributed by atoms with Gasteiger partial charge in [0.1, 0.15) is 29.0 Å². The van der Waals surface area contributed by atoms with Crippen LogP contribution in [0, 0.1) is 23.1 Å². The number of urea groups is 1. The molecule has 0 atom stereocenters. The summed E-state index contributed by atoms with van der Waals surface area (Å²) in [5.74, 6) is 2.69. The molecule has 9 fully saturated rings. The molecule has 22 nitrogen and oxygen atoms in total. The van der Waals surface area contributed by atoms with Crippen molar-refractivity contribution in [2.75, 3.05) is 87.6 Å². The molecule has 2 bridgehead atoms. The first-order chi connectivity index (χ1) is 35.9. The van der Waals surface area contributed by atoms with Crippen LogP contribution < -0.4 is 20.9 Å². The quantitative estimate of drug-likeness (QED) is 0.178. The highest BCUT2D eigenvalue weighted by Gasteiger charge is 2.60. The maximum Gasteiger partial charge on any atom is 0.410 e. The fraction of sp³-hybridized carbons (Fsp3) is 0.549. The van der Waals surface area contributed by atoms with Crippen molar-refractivity contribution >= 4 is 63.2 Å². The Morgan fingerprint density at radius 2 is 1.62 bits per heavy atom. The van der Waals surface area contributed by atoms with Gasteiger partial charge >= 0.3 is 12.1 Å². The molecule has 0 radical (unpaired) electrons. The van der Waals surface area contributed by atoms with Crippen molar-refractivity contribution in [2.24, 2.45) is 24.3 Å². The summed E-state index contributed by atoms with van der Waals surface area (Å²) in [5, 5.41) is 17.6. The average Bonchev–Trinajstić information content (AvgIpc) is 3.88. The van der Waals surface area contributed by atoms with Gasteiger partial charge in [-0.05, 0) is 93.2 Å². The number of amides is 5. The first-order valence-corrected chi connectivity index (χ1v) is 26.1. The van der Waals surface area contributed by atoms with Crippen LogP contribution in [0.5, 0.6) is 0 Å². The summed E-state index contributed by atoms with van der Waals surface area (Å²) in [6.45, 7) is 6.54. The SMILES string of the molecule is Cn1nc(N2CCC(=O)NC2=O)c2ccc(N3CC4(CN(CC5CCN(C(=O)COC(=O)N6CCC(c7cnc(-c8c(-c9nn(C%10%11CC(C%10)C%11)c%10ncnc(N)c9%10)noc8C8CC8)nc7)CC6)CC5)C4)C3)c(F)c21. The Morgan fingerprint density at radius 1 is 0.878 bits per heavy atom. The van der Waals surface area contributed by atoms with Gasteiger partial charge in [0.05, 0.1) is 22.2 Å². The highest BCUT2D eigenvalue weighted by molar-refractivity contribution is 6.09. The monoisotopic (exact) mass is 1010 g/mol. The van der Waals surface area contributed by atoms with Gasteiger partial charge in [0.25, 0.3) is 5.91 Å². The van der Waals surface area contributed by atoms with Gasteiger partial charge in [-0.3, -0.25) is 24.5 Å². The Hall–Kier alpha value is -7.30. The third-order valence-corrected chi connectivity index (χ3v) is 17.5. The lowest BCUT2D eigenvalue weighted by Gasteiger charge is -2.61. The Labute approximate surface area is 423 Å². The molecule has 4 aliphatic carbocycles. The summed E-state index contributed by atoms with van der Waals surface area (Å²) >= 11 is 0. The third kappa shape index (κ3) is 7.37. The zero-order chi connectivity index (χ0) is 50.2. The van der Waals surface area contributed by atoms with Crippen LogP contribution >= 0.6 is 0 Å². The average molecular weight is 1010 g/mol. The minimum atomic E-state index is -0.553. The fourth-order valence-corrected chi connectivity index (χ4v) is 13.2. The van der Waals surface area contributed by atoms with E-state index in [4.69, 9.17) is 30.1 Å². The van der Waals surface area contributed by atoms with Crippen LogP contribution in [-0.2, 0) is 26.9 Å². The van der Waals surface area contributed by atoms with E-state index in [0.29, 0.717) is 101 Å². The molecule has 23 heteroatoms. The molecule has 9 aliphatic rings. The maximum absolute atomic E-state index is 16.0. The van der Waals surface area contributed by atoms with Crippen LogP contribution in [0.1, 0.15) is 87.4 Å². The van der Waals surface area contributed by atoms with Crippen molar-refractivity contribution in [3.8, 4) is 22.8 Å². The second kappa shape index (κ2) is 16.9. The molecular formula is C51H57FN16O6. The predicted molar refractivity (Wildman–Crippen MR) is 265 cm³/mol. The molecule has 0 unspecified atom stereocenters. The molecule has 10 heterocycles. The van der Waals surface area contributed by atoms with E-state index < -0.39 is 12.1 Å². The number of nitrogens with two attached hydrogens (primary N) is 1. The summed E-state index contributed by atoms with van der Waals surface area (Å²) in [4.78, 5) is 78.7. The molecule has 1 spiro atoms. The highest BCUT2D eigenvalue weighted by atomic mass is 19.1. The van der Waals surface area contributed by atoms with Crippen molar-refractivity contribution in [1.82, 2.24) is 64.7 Å². The highest BCUT2D eigenvalue weighted by Crippen LogP contribution is 2.63. The number of halogens is 1. The normalized spacial score (nSPS) is 24.0. The number of aryl methyl sites for hydroxylation is 1. The number of likely N-dealkylation sites (tertiary alicyclic amines) is 3. The zero-order valence-corrected chi connectivity index (χ0v) is 41.2. The van der Waals surface area contributed by atoms with Crippen molar-refractivity contribution in [1.29, 1.82) is 0 Å². The van der Waals surface area contributed by atoms with Crippen LogP contribution in [0.4, 0.5) is 31.3 Å². The first-order valence-electron chi connectivity index (χ1n) is 26.1. The summed E-state index contributed by atoms with van der Waals surface area (Å²) in [6.07, 6.45) is 13.4. The second-order valence-corrected chi connectivity index (χ2v) is 22.5. The standard InChI is InChI=1S/C51H57FN16O6/c1-62-42-33(46(60-62)67-15-10-35(69)58-48(67)71)4-5-34(39(42)52)66-25-50(26-66)23-63(24-50)21-28-6-11-64(12-7-28)36(70)22-73-49(72)65-13-8-30(9-14-65)32-19-54-45(55-20-32)37-41(61-74-43(37)31-2-3-31)40-38-44(53)56-27-57-47(38)68(59-40)51-16-29(17-51)18-51/h4-5,19-20,27-31H,2-3,6-18,21-26H2,1H3,(H2,53,56,57)(H,58,69,71). The Bertz CT molecular complexity index is 3270. The minimum absolute atomic E-state index is 0.0286. The molecule has 15 rings (SSSR count). The van der Waals surface area contributed by atoms with Crippen LogP contribution in [-0.4, -0.2) is 155 Å². The number of ether oxygens (including phenoxy) is 1. The number of imide groups is 1. The summed E-state index contributed by atoms with van der Waals surface area (Å²) in [5.41, 5.74) is 11.0. The topological polar surface area (TPSA) is 245 Å². The van der Waals surface area contributed by atoms with Gasteiger partial charge in [0.2, 0.25) is 5.91 Å². The van der Waals surface area contributed by atoms with Crippen LogP contribution in [0.3, 0.4) is 0 Å². The van der Waals surface area contributed by atoms with Crippen molar-refractivity contribution in [3.05, 3.63) is 48.0 Å². The number of benzene rings is 1. The molecule has 1 aromatic carbocycles. The van der Waals surface area contributed by atoms with Crippen LogP contribution in [0.25, 0.3) is 44.7 Å². The van der Waals surface area contributed by atoms with E-state index in [1.54, 1.807) is 18.0 Å². The van der Waals surface area contributed by atoms with Crippen molar-refractivity contribution in [2.45, 2.75) is 81.6 Å². The molecule has 74 heavy (non-hydrogen) atoms. The van der Waals surface area contributed by atoms with Gasteiger partial charge in [0.15, 0.2) is 35.5 Å². The fourth-order valence-electron chi connectivity index (χ4n) is 13.2. The zero-order valence-electron chi connectivity index (χ0n) is 41.2. The lowest BCUT2D eigenvalue weighted by atomic mass is 9.50. The summed E-state index contributed by atoms with van der Waals surface area (Å²) < 4.78 is 31.2. The van der Waals surface area contributed by atoms with Gasteiger partial charge in [0, 0.05) is 108 Å². The Kier molecular flexibility index (Phi) is 10.3. The maximum atomic E-state index is 16.0. The number of fused-ring (bicyclic) bond motifs is 2. The van der Waals surface area contributed by atoms with E-state index in [-0.39, 0.29) is 60.0 Å². The number of piperidine rings is 2. The molecule has 4 saturated carbocycles. The number of nitrogens with one attached hydrogen (secondary N) is 1. The van der Waals surface area contributed by atoms with Crippen LogP contribution in [0.2, 0.25) is 0 Å². The number of carbonyl (C=O) groups is 4. The molecular weight excluding hydrogens is 952 g/mol. The van der Waals surface area contributed by atoms with Gasteiger partial charge in [-0.25, -0.2) is 38.6 Å². The van der Waals surface area contributed by atoms with Crippen molar-refractivity contribution in [3.63, 3.8) is 0 Å². The first kappa shape index (κ1) is 45.3. The van der Waals surface area contributed by atoms with E-state index in [2.05, 4.69) is 35.3 Å². The van der Waals surface area contributed by atoms with Gasteiger partial charge in [-0.1, -0.05) is 5.16 Å². The van der Waals surface area contributed by atoms with E-state index in [1.807, 2.05) is 28.0 Å². The molecule has 384 valence electrons. The molecule has 3 N–H and O–H groups in total. The molecule has 5 aliphatic heterocycles. The smallest absolute Gasteiger partial charge is 0.410 e. The van der Waals surface area contributed by atoms with Gasteiger partial charge in [-0.15, -0.1) is 0 Å². The third-order valence-electron chi connectivity index (χ3n) is 17.5. The number of nitrogens with zero attached hydrogens (tertiary/aromatic N) is 14.